The molecule has 6 nitrogen and oxygen atoms in total. The van der Waals surface area contributed by atoms with Crippen LogP contribution in [0.25, 0.3) is 0 Å². The lowest BCUT2D eigenvalue weighted by molar-refractivity contribution is -0.194. The van der Waals surface area contributed by atoms with Gasteiger partial charge in [-0.2, -0.15) is 0 Å². The standard InChI is InChI=1S/C23H26FN3O3/c1-25(2)12-20(29)27-19(13-28)21(16-7-4-3-5-8-16)23(27)14-26(15-23)22(30)17-9-6-10-18(24)11-17/h3-11,19,21,28H,12-15H2,1-2H3/t19-,21-/m0/s1. The van der Waals surface area contributed by atoms with E-state index in [1.807, 2.05) is 44.4 Å². The summed E-state index contributed by atoms with van der Waals surface area (Å²) >= 11 is 0. The van der Waals surface area contributed by atoms with Crippen LogP contribution in [0, 0.1) is 5.82 Å². The van der Waals surface area contributed by atoms with E-state index in [0.29, 0.717) is 18.7 Å². The van der Waals surface area contributed by atoms with E-state index in [2.05, 4.69) is 0 Å². The fourth-order valence-corrected chi connectivity index (χ4v) is 4.98. The molecule has 2 atom stereocenters. The highest BCUT2D eigenvalue weighted by molar-refractivity contribution is 5.95. The molecule has 2 fully saturated rings. The van der Waals surface area contributed by atoms with Crippen molar-refractivity contribution < 1.29 is 19.1 Å². The lowest BCUT2D eigenvalue weighted by atomic mass is 9.60. The lowest BCUT2D eigenvalue weighted by Crippen LogP contribution is -2.86. The molecule has 0 aliphatic carbocycles. The van der Waals surface area contributed by atoms with Crippen molar-refractivity contribution in [3.8, 4) is 0 Å². The van der Waals surface area contributed by atoms with Crippen molar-refractivity contribution in [3.05, 3.63) is 71.5 Å². The molecule has 4 rings (SSSR count). The lowest BCUT2D eigenvalue weighted by Gasteiger charge is -2.70. The second kappa shape index (κ2) is 7.81. The molecule has 2 saturated heterocycles. The number of hydrogen-bond acceptors (Lipinski definition) is 4. The molecular formula is C23H26FN3O3. The van der Waals surface area contributed by atoms with Crippen molar-refractivity contribution in [2.75, 3.05) is 40.3 Å². The number of likely N-dealkylation sites (N-methyl/N-ethyl adjacent to an activating group) is 1. The van der Waals surface area contributed by atoms with Crippen LogP contribution in [-0.2, 0) is 4.79 Å². The van der Waals surface area contributed by atoms with Crippen molar-refractivity contribution in [2.24, 2.45) is 0 Å². The Morgan fingerprint density at radius 1 is 1.13 bits per heavy atom. The predicted octanol–water partition coefficient (Wildman–Crippen LogP) is 1.57. The smallest absolute Gasteiger partial charge is 0.254 e. The summed E-state index contributed by atoms with van der Waals surface area (Å²) in [5.41, 5.74) is 0.791. The molecule has 2 amide bonds. The van der Waals surface area contributed by atoms with Gasteiger partial charge in [0.1, 0.15) is 5.82 Å². The second-order valence-electron chi connectivity index (χ2n) is 8.41. The first-order valence-corrected chi connectivity index (χ1v) is 10.0. The van der Waals surface area contributed by atoms with E-state index in [9.17, 15) is 19.1 Å². The van der Waals surface area contributed by atoms with E-state index in [4.69, 9.17) is 0 Å². The van der Waals surface area contributed by atoms with Crippen LogP contribution in [0.15, 0.2) is 54.6 Å². The van der Waals surface area contributed by atoms with E-state index in [0.717, 1.165) is 5.56 Å². The summed E-state index contributed by atoms with van der Waals surface area (Å²) in [5.74, 6) is -0.833. The van der Waals surface area contributed by atoms with Crippen molar-refractivity contribution in [2.45, 2.75) is 17.5 Å². The summed E-state index contributed by atoms with van der Waals surface area (Å²) in [4.78, 5) is 31.1. The number of aliphatic hydroxyl groups excluding tert-OH is 1. The molecule has 0 unspecified atom stereocenters. The van der Waals surface area contributed by atoms with Gasteiger partial charge in [-0.1, -0.05) is 36.4 Å². The van der Waals surface area contributed by atoms with Gasteiger partial charge in [-0.15, -0.1) is 0 Å². The van der Waals surface area contributed by atoms with Crippen LogP contribution in [0.1, 0.15) is 21.8 Å². The molecular weight excluding hydrogens is 385 g/mol. The molecule has 2 aliphatic heterocycles. The van der Waals surface area contributed by atoms with Crippen molar-refractivity contribution in [3.63, 3.8) is 0 Å². The number of likely N-dealkylation sites (tertiary alicyclic amines) is 2. The zero-order chi connectivity index (χ0) is 21.5. The number of amides is 2. The fraction of sp³-hybridized carbons (Fsp3) is 0.391. The van der Waals surface area contributed by atoms with Crippen LogP contribution < -0.4 is 0 Å². The minimum Gasteiger partial charge on any atom is -0.394 e. The maximum Gasteiger partial charge on any atom is 0.254 e. The molecule has 7 heteroatoms. The highest BCUT2D eigenvalue weighted by Gasteiger charge is 2.67. The zero-order valence-electron chi connectivity index (χ0n) is 17.2. The van der Waals surface area contributed by atoms with Gasteiger partial charge in [-0.05, 0) is 37.9 Å². The van der Waals surface area contributed by atoms with Gasteiger partial charge in [0.25, 0.3) is 5.91 Å². The molecule has 0 saturated carbocycles. The monoisotopic (exact) mass is 411 g/mol. The van der Waals surface area contributed by atoms with E-state index in [1.165, 1.54) is 18.2 Å². The van der Waals surface area contributed by atoms with Gasteiger partial charge in [0.2, 0.25) is 5.91 Å². The summed E-state index contributed by atoms with van der Waals surface area (Å²) in [5, 5.41) is 10.1. The first kappa shape index (κ1) is 20.5. The molecule has 30 heavy (non-hydrogen) atoms. The SMILES string of the molecule is CN(C)CC(=O)N1[C@@H](CO)[C@H](c2ccccc2)C12CN(C(=O)c1cccc(F)c1)C2. The maximum absolute atomic E-state index is 13.6. The minimum absolute atomic E-state index is 0.0635. The Labute approximate surface area is 175 Å². The maximum atomic E-state index is 13.6. The number of benzene rings is 2. The first-order valence-electron chi connectivity index (χ1n) is 10.0. The Kier molecular flexibility index (Phi) is 5.34. The number of carbonyl (C=O) groups excluding carboxylic acids is 2. The Morgan fingerprint density at radius 3 is 2.43 bits per heavy atom. The topological polar surface area (TPSA) is 64.1 Å². The Hall–Kier alpha value is -2.77. The molecule has 2 aliphatic rings. The van der Waals surface area contributed by atoms with Crippen LogP contribution in [0.5, 0.6) is 0 Å². The molecule has 0 bridgehead atoms. The quantitative estimate of drug-likeness (QED) is 0.811. The average Bonchev–Trinajstić information content (AvgIpc) is 2.66. The third-order valence-corrected chi connectivity index (χ3v) is 6.13. The number of rotatable bonds is 5. The van der Waals surface area contributed by atoms with E-state index >= 15 is 0 Å². The molecule has 0 aromatic heterocycles. The molecule has 158 valence electrons. The Morgan fingerprint density at radius 2 is 1.83 bits per heavy atom. The molecule has 2 heterocycles. The van der Waals surface area contributed by atoms with E-state index in [1.54, 1.807) is 20.8 Å². The Balaban J connectivity index is 1.62. The van der Waals surface area contributed by atoms with Gasteiger partial charge in [-0.3, -0.25) is 9.59 Å². The van der Waals surface area contributed by atoms with Crippen LogP contribution >= 0.6 is 0 Å². The number of halogens is 1. The third kappa shape index (κ3) is 3.28. The number of nitrogens with zero attached hydrogens (tertiary/aromatic N) is 3. The number of hydrogen-bond donors (Lipinski definition) is 1. The predicted molar refractivity (Wildman–Crippen MR) is 110 cm³/mol. The number of carbonyl (C=O) groups is 2. The van der Waals surface area contributed by atoms with Gasteiger partial charge in [0, 0.05) is 24.6 Å². The molecule has 2 aromatic carbocycles. The van der Waals surface area contributed by atoms with Crippen molar-refractivity contribution in [1.29, 1.82) is 0 Å². The van der Waals surface area contributed by atoms with Gasteiger partial charge in [0.05, 0.1) is 24.7 Å². The van der Waals surface area contributed by atoms with Crippen molar-refractivity contribution >= 4 is 11.8 Å². The summed E-state index contributed by atoms with van der Waals surface area (Å²) in [7, 11) is 3.65. The van der Waals surface area contributed by atoms with E-state index < -0.39 is 11.4 Å². The van der Waals surface area contributed by atoms with Gasteiger partial charge < -0.3 is 19.8 Å². The second-order valence-corrected chi connectivity index (χ2v) is 8.41. The summed E-state index contributed by atoms with van der Waals surface area (Å²) in [6.07, 6.45) is 0. The van der Waals surface area contributed by atoms with Gasteiger partial charge in [-0.25, -0.2) is 4.39 Å². The molecule has 0 radical (unpaired) electrons. The van der Waals surface area contributed by atoms with Crippen LogP contribution in [0.3, 0.4) is 0 Å². The summed E-state index contributed by atoms with van der Waals surface area (Å²) < 4.78 is 13.6. The van der Waals surface area contributed by atoms with Crippen molar-refractivity contribution in [1.82, 2.24) is 14.7 Å². The molecule has 1 spiro atoms. The largest absolute Gasteiger partial charge is 0.394 e. The average molecular weight is 411 g/mol. The zero-order valence-corrected chi connectivity index (χ0v) is 17.2. The van der Waals surface area contributed by atoms with Gasteiger partial charge >= 0.3 is 0 Å². The van der Waals surface area contributed by atoms with Crippen LogP contribution in [0.2, 0.25) is 0 Å². The summed E-state index contributed by atoms with van der Waals surface area (Å²) in [6.45, 7) is 0.811. The minimum atomic E-state index is -0.551. The van der Waals surface area contributed by atoms with Gasteiger partial charge in [0.15, 0.2) is 0 Å². The van der Waals surface area contributed by atoms with Crippen LogP contribution in [-0.4, -0.2) is 83.5 Å². The Bertz CT molecular complexity index is 944. The first-order chi connectivity index (χ1) is 14.4. The van der Waals surface area contributed by atoms with Crippen LogP contribution in [0.4, 0.5) is 4.39 Å². The highest BCUT2D eigenvalue weighted by Crippen LogP contribution is 2.54. The highest BCUT2D eigenvalue weighted by atomic mass is 19.1. The number of aliphatic hydroxyl groups is 1. The van der Waals surface area contributed by atoms with E-state index in [-0.39, 0.29) is 36.9 Å². The third-order valence-electron chi connectivity index (χ3n) is 6.13. The fourth-order valence-electron chi connectivity index (χ4n) is 4.98. The summed E-state index contributed by atoms with van der Waals surface area (Å²) in [6, 6.07) is 15.1. The molecule has 2 aromatic rings. The normalized spacial score (nSPS) is 22.0. The molecule has 1 N–H and O–H groups in total.